The van der Waals surface area contributed by atoms with E-state index in [1.54, 1.807) is 12.3 Å². The highest BCUT2D eigenvalue weighted by Crippen LogP contribution is 2.21. The lowest BCUT2D eigenvalue weighted by Gasteiger charge is -2.19. The number of hydrogen-bond donors (Lipinski definition) is 1. The minimum absolute atomic E-state index is 0.176. The molecule has 0 aliphatic carbocycles. The van der Waals surface area contributed by atoms with Gasteiger partial charge in [0, 0.05) is 12.7 Å². The summed E-state index contributed by atoms with van der Waals surface area (Å²) >= 11 is 0. The molecule has 2 aromatic carbocycles. The molecule has 1 amide bonds. The molecule has 0 unspecified atom stereocenters. The molecular formula is C24H24N4O3. The predicted octanol–water partition coefficient (Wildman–Crippen LogP) is 3.54. The molecule has 1 N–H and O–H groups in total. The summed E-state index contributed by atoms with van der Waals surface area (Å²) in [6.07, 6.45) is 1.56. The van der Waals surface area contributed by atoms with Gasteiger partial charge in [0.25, 0.3) is 5.91 Å². The number of benzene rings is 2. The number of ether oxygens (including phenoxy) is 2. The number of carbonyl (C=O) groups is 1. The highest BCUT2D eigenvalue weighted by molar-refractivity contribution is 6.08. The summed E-state index contributed by atoms with van der Waals surface area (Å²) in [5, 5.41) is 2.94. The van der Waals surface area contributed by atoms with E-state index in [0.29, 0.717) is 23.6 Å². The summed E-state index contributed by atoms with van der Waals surface area (Å²) in [5.41, 5.74) is 3.79. The summed E-state index contributed by atoms with van der Waals surface area (Å²) in [6.45, 7) is 2.40. The third-order valence-electron chi connectivity index (χ3n) is 4.52. The van der Waals surface area contributed by atoms with Gasteiger partial charge in [-0.1, -0.05) is 41.7 Å². The minimum Gasteiger partial charge on any atom is -0.480 e. The summed E-state index contributed by atoms with van der Waals surface area (Å²) < 4.78 is 10.2. The van der Waals surface area contributed by atoms with Gasteiger partial charge in [-0.2, -0.15) is 4.98 Å². The molecule has 158 valence electrons. The van der Waals surface area contributed by atoms with Crippen LogP contribution in [-0.2, 0) is 0 Å². The van der Waals surface area contributed by atoms with E-state index >= 15 is 0 Å². The van der Waals surface area contributed by atoms with Crippen molar-refractivity contribution in [3.63, 3.8) is 0 Å². The number of nitrogens with one attached hydrogen (secondary N) is 1. The molecule has 1 heterocycles. The van der Waals surface area contributed by atoms with Crippen LogP contribution in [0.1, 0.15) is 21.5 Å². The Kier molecular flexibility index (Phi) is 7.07. The van der Waals surface area contributed by atoms with E-state index in [1.165, 1.54) is 14.2 Å². The van der Waals surface area contributed by atoms with Crippen LogP contribution in [0.3, 0.4) is 0 Å². The van der Waals surface area contributed by atoms with Crippen LogP contribution in [0.5, 0.6) is 11.9 Å². The molecule has 3 rings (SSSR count). The number of aryl methyl sites for hydroxylation is 1. The van der Waals surface area contributed by atoms with E-state index in [-0.39, 0.29) is 11.9 Å². The molecule has 0 radical (unpaired) electrons. The second kappa shape index (κ2) is 10.1. The van der Waals surface area contributed by atoms with Crippen molar-refractivity contribution in [1.82, 2.24) is 9.97 Å². The van der Waals surface area contributed by atoms with Crippen molar-refractivity contribution in [2.45, 2.75) is 6.92 Å². The molecule has 7 nitrogen and oxygen atoms in total. The summed E-state index contributed by atoms with van der Waals surface area (Å²) in [6, 6.07) is 15.3. The van der Waals surface area contributed by atoms with Gasteiger partial charge in [0.15, 0.2) is 0 Å². The molecule has 0 saturated heterocycles. The zero-order chi connectivity index (χ0) is 22.2. The van der Waals surface area contributed by atoms with Gasteiger partial charge >= 0.3 is 6.01 Å². The fourth-order valence-electron chi connectivity index (χ4n) is 2.86. The van der Waals surface area contributed by atoms with Crippen LogP contribution >= 0.6 is 0 Å². The maximum Gasteiger partial charge on any atom is 0.319 e. The fraction of sp³-hybridized carbons (Fsp3) is 0.208. The molecule has 0 aliphatic rings. The van der Waals surface area contributed by atoms with Gasteiger partial charge in [-0.25, -0.2) is 4.98 Å². The van der Waals surface area contributed by atoms with Crippen LogP contribution in [0.15, 0.2) is 54.7 Å². The fourth-order valence-corrected chi connectivity index (χ4v) is 2.86. The van der Waals surface area contributed by atoms with Crippen LogP contribution in [-0.4, -0.2) is 43.7 Å². The molecule has 31 heavy (non-hydrogen) atoms. The number of aromatic nitrogens is 2. The topological polar surface area (TPSA) is 76.6 Å². The number of rotatable bonds is 6. The van der Waals surface area contributed by atoms with Gasteiger partial charge in [0.05, 0.1) is 38.2 Å². The number of methoxy groups -OCH3 is 2. The van der Waals surface area contributed by atoms with Gasteiger partial charge in [0.1, 0.15) is 5.56 Å². The first kappa shape index (κ1) is 21.7. The average molecular weight is 416 g/mol. The molecule has 3 aromatic rings. The summed E-state index contributed by atoms with van der Waals surface area (Å²) in [7, 11) is 4.89. The zero-order valence-electron chi connectivity index (χ0n) is 18.0. The molecule has 0 fully saturated rings. The standard InChI is InChI=1S/C24H24N4O3/c1-17-11-13-19(14-12-17)26-22(29)20-9-5-6-10-21(20)28(2)15-7-8-18-16-25-24(31-4)27-23(18)30-3/h5-6,9-14,16H,15H2,1-4H3,(H,26,29). The monoisotopic (exact) mass is 416 g/mol. The van der Waals surface area contributed by atoms with Crippen LogP contribution in [0.2, 0.25) is 0 Å². The van der Waals surface area contributed by atoms with Crippen LogP contribution in [0.25, 0.3) is 0 Å². The largest absolute Gasteiger partial charge is 0.480 e. The SMILES string of the molecule is COc1ncc(C#CCN(C)c2ccccc2C(=O)Nc2ccc(C)cc2)c(OC)n1. The van der Waals surface area contributed by atoms with Crippen molar-refractivity contribution >= 4 is 17.3 Å². The number of nitrogens with zero attached hydrogens (tertiary/aromatic N) is 3. The van der Waals surface area contributed by atoms with Crippen molar-refractivity contribution in [1.29, 1.82) is 0 Å². The Labute approximate surface area is 182 Å². The van der Waals surface area contributed by atoms with Crippen molar-refractivity contribution in [2.75, 3.05) is 38.0 Å². The molecule has 7 heteroatoms. The lowest BCUT2D eigenvalue weighted by molar-refractivity contribution is 0.102. The van der Waals surface area contributed by atoms with Gasteiger partial charge in [-0.3, -0.25) is 4.79 Å². The van der Waals surface area contributed by atoms with Crippen molar-refractivity contribution < 1.29 is 14.3 Å². The van der Waals surface area contributed by atoms with Crippen LogP contribution in [0, 0.1) is 18.8 Å². The molecule has 0 atom stereocenters. The third-order valence-corrected chi connectivity index (χ3v) is 4.52. The first-order valence-corrected chi connectivity index (χ1v) is 9.64. The van der Waals surface area contributed by atoms with E-state index in [1.807, 2.05) is 61.3 Å². The van der Waals surface area contributed by atoms with E-state index in [2.05, 4.69) is 27.1 Å². The van der Waals surface area contributed by atoms with E-state index in [0.717, 1.165) is 16.9 Å². The minimum atomic E-state index is -0.176. The van der Waals surface area contributed by atoms with Crippen molar-refractivity contribution in [3.05, 3.63) is 71.4 Å². The second-order valence-corrected chi connectivity index (χ2v) is 6.77. The normalized spacial score (nSPS) is 9.94. The van der Waals surface area contributed by atoms with Gasteiger partial charge in [-0.15, -0.1) is 0 Å². The van der Waals surface area contributed by atoms with Crippen molar-refractivity contribution in [3.8, 4) is 23.7 Å². The highest BCUT2D eigenvalue weighted by Gasteiger charge is 2.14. The number of hydrogen-bond acceptors (Lipinski definition) is 6. The number of carbonyl (C=O) groups excluding carboxylic acids is 1. The van der Waals surface area contributed by atoms with E-state index in [4.69, 9.17) is 9.47 Å². The Bertz CT molecular complexity index is 1120. The van der Waals surface area contributed by atoms with E-state index in [9.17, 15) is 4.79 Å². The predicted molar refractivity (Wildman–Crippen MR) is 121 cm³/mol. The lowest BCUT2D eigenvalue weighted by atomic mass is 10.1. The lowest BCUT2D eigenvalue weighted by Crippen LogP contribution is -2.22. The maximum atomic E-state index is 12.8. The van der Waals surface area contributed by atoms with E-state index < -0.39 is 0 Å². The Morgan fingerprint density at radius 3 is 2.55 bits per heavy atom. The Morgan fingerprint density at radius 2 is 1.84 bits per heavy atom. The van der Waals surface area contributed by atoms with Crippen LogP contribution in [0.4, 0.5) is 11.4 Å². The van der Waals surface area contributed by atoms with Gasteiger partial charge in [0.2, 0.25) is 5.88 Å². The van der Waals surface area contributed by atoms with Crippen LogP contribution < -0.4 is 19.7 Å². The number of anilines is 2. The zero-order valence-corrected chi connectivity index (χ0v) is 18.0. The molecule has 0 aliphatic heterocycles. The second-order valence-electron chi connectivity index (χ2n) is 6.77. The first-order valence-electron chi connectivity index (χ1n) is 9.64. The van der Waals surface area contributed by atoms with Crippen molar-refractivity contribution in [2.24, 2.45) is 0 Å². The number of para-hydroxylation sites is 1. The molecule has 1 aromatic heterocycles. The maximum absolute atomic E-state index is 12.8. The Morgan fingerprint density at radius 1 is 1.10 bits per heavy atom. The molecular weight excluding hydrogens is 392 g/mol. The molecule has 0 bridgehead atoms. The Balaban J connectivity index is 1.75. The summed E-state index contributed by atoms with van der Waals surface area (Å²) in [5.74, 6) is 6.26. The third kappa shape index (κ3) is 5.52. The summed E-state index contributed by atoms with van der Waals surface area (Å²) in [4.78, 5) is 22.9. The first-order chi connectivity index (χ1) is 15.0. The molecule has 0 saturated carbocycles. The average Bonchev–Trinajstić information content (AvgIpc) is 2.80. The Hall–Kier alpha value is -4.05. The highest BCUT2D eigenvalue weighted by atomic mass is 16.5. The quantitative estimate of drug-likeness (QED) is 0.620. The molecule has 0 spiro atoms. The number of amides is 1. The van der Waals surface area contributed by atoms with Gasteiger partial charge < -0.3 is 19.7 Å². The van der Waals surface area contributed by atoms with Gasteiger partial charge in [-0.05, 0) is 31.2 Å². The smallest absolute Gasteiger partial charge is 0.319 e.